The largest absolute Gasteiger partial charge is 0.236 e. The minimum absolute atomic E-state index is 0.177. The third-order valence-corrected chi connectivity index (χ3v) is 1.28. The van der Waals surface area contributed by atoms with Gasteiger partial charge in [-0.25, -0.2) is 9.50 Å². The van der Waals surface area contributed by atoms with Gasteiger partial charge in [-0.2, -0.15) is 0 Å². The van der Waals surface area contributed by atoms with Crippen molar-refractivity contribution < 1.29 is 9.50 Å². The standard InChI is InChI=1S/C8H8FO/c9-8-3-1-2-7(6-8)4-5-10/h1-3,6H,4-5H2. The van der Waals surface area contributed by atoms with E-state index in [-0.39, 0.29) is 12.4 Å². The molecule has 0 amide bonds. The van der Waals surface area contributed by atoms with Crippen molar-refractivity contribution in [3.05, 3.63) is 35.6 Å². The number of hydrogen-bond acceptors (Lipinski definition) is 0. The summed E-state index contributed by atoms with van der Waals surface area (Å²) in [5.41, 5.74) is 0.773. The van der Waals surface area contributed by atoms with Gasteiger partial charge >= 0.3 is 0 Å². The van der Waals surface area contributed by atoms with Crippen LogP contribution in [-0.2, 0) is 11.5 Å². The second kappa shape index (κ2) is 3.32. The Morgan fingerprint density at radius 1 is 1.40 bits per heavy atom. The molecule has 0 fully saturated rings. The van der Waals surface area contributed by atoms with Crippen molar-refractivity contribution in [2.24, 2.45) is 0 Å². The SMILES string of the molecule is [O]CCc1cccc(F)c1. The van der Waals surface area contributed by atoms with E-state index in [4.69, 9.17) is 0 Å². The molecule has 0 unspecified atom stereocenters. The van der Waals surface area contributed by atoms with Crippen LogP contribution < -0.4 is 0 Å². The van der Waals surface area contributed by atoms with Gasteiger partial charge in [0.25, 0.3) is 0 Å². The fourth-order valence-corrected chi connectivity index (χ4v) is 0.810. The summed E-state index contributed by atoms with van der Waals surface area (Å²) >= 11 is 0. The van der Waals surface area contributed by atoms with Crippen LogP contribution in [0.2, 0.25) is 0 Å². The van der Waals surface area contributed by atoms with E-state index in [2.05, 4.69) is 0 Å². The van der Waals surface area contributed by atoms with Gasteiger partial charge in [-0.05, 0) is 24.1 Å². The molecule has 0 N–H and O–H groups in total. The van der Waals surface area contributed by atoms with Crippen molar-refractivity contribution in [1.82, 2.24) is 0 Å². The molecule has 0 aliphatic carbocycles. The van der Waals surface area contributed by atoms with Crippen molar-refractivity contribution in [2.45, 2.75) is 6.42 Å². The van der Waals surface area contributed by atoms with E-state index >= 15 is 0 Å². The van der Waals surface area contributed by atoms with Gasteiger partial charge in [-0.15, -0.1) is 0 Å². The molecule has 1 aromatic carbocycles. The smallest absolute Gasteiger partial charge is 0.123 e. The molecule has 0 saturated carbocycles. The van der Waals surface area contributed by atoms with Gasteiger partial charge in [0.2, 0.25) is 0 Å². The zero-order valence-corrected chi connectivity index (χ0v) is 5.51. The number of halogens is 1. The van der Waals surface area contributed by atoms with E-state index in [0.29, 0.717) is 6.42 Å². The topological polar surface area (TPSA) is 19.9 Å². The fraction of sp³-hybridized carbons (Fsp3) is 0.250. The van der Waals surface area contributed by atoms with Crippen LogP contribution in [0.1, 0.15) is 5.56 Å². The van der Waals surface area contributed by atoms with Gasteiger partial charge < -0.3 is 0 Å². The number of hydrogen-bond donors (Lipinski definition) is 0. The maximum atomic E-state index is 12.4. The first-order valence-electron chi connectivity index (χ1n) is 3.15. The second-order valence-corrected chi connectivity index (χ2v) is 2.08. The van der Waals surface area contributed by atoms with Gasteiger partial charge in [-0.1, -0.05) is 12.1 Å². The first-order chi connectivity index (χ1) is 4.83. The first kappa shape index (κ1) is 7.22. The summed E-state index contributed by atoms with van der Waals surface area (Å²) < 4.78 is 12.4. The monoisotopic (exact) mass is 139 g/mol. The quantitative estimate of drug-likeness (QED) is 0.595. The van der Waals surface area contributed by atoms with E-state index in [0.717, 1.165) is 5.56 Å². The molecule has 0 aromatic heterocycles. The van der Waals surface area contributed by atoms with Gasteiger partial charge in [0.1, 0.15) is 5.82 Å². The van der Waals surface area contributed by atoms with Crippen LogP contribution in [0.3, 0.4) is 0 Å². The Balaban J connectivity index is 2.75. The van der Waals surface area contributed by atoms with Crippen LogP contribution in [0.25, 0.3) is 0 Å². The van der Waals surface area contributed by atoms with Crippen LogP contribution in [0, 0.1) is 5.82 Å². The lowest BCUT2D eigenvalue weighted by atomic mass is 10.2. The lowest BCUT2D eigenvalue weighted by Crippen LogP contribution is -1.88. The van der Waals surface area contributed by atoms with Crippen molar-refractivity contribution in [2.75, 3.05) is 6.61 Å². The van der Waals surface area contributed by atoms with Crippen molar-refractivity contribution in [3.8, 4) is 0 Å². The average molecular weight is 139 g/mol. The van der Waals surface area contributed by atoms with Crippen molar-refractivity contribution in [1.29, 1.82) is 0 Å². The summed E-state index contributed by atoms with van der Waals surface area (Å²) in [6.45, 7) is -0.177. The molecule has 0 aliphatic heterocycles. The molecule has 2 heteroatoms. The minimum Gasteiger partial charge on any atom is -0.236 e. The molecule has 1 rings (SSSR count). The fourth-order valence-electron chi connectivity index (χ4n) is 0.810. The highest BCUT2D eigenvalue weighted by Gasteiger charge is 1.92. The molecule has 1 aromatic rings. The summed E-state index contributed by atoms with van der Waals surface area (Å²) in [6.07, 6.45) is 0.414. The summed E-state index contributed by atoms with van der Waals surface area (Å²) in [5, 5.41) is 10.1. The summed E-state index contributed by atoms with van der Waals surface area (Å²) in [6, 6.07) is 6.12. The molecule has 0 saturated heterocycles. The van der Waals surface area contributed by atoms with Crippen LogP contribution in [0.5, 0.6) is 0 Å². The first-order valence-corrected chi connectivity index (χ1v) is 3.15. The lowest BCUT2D eigenvalue weighted by molar-refractivity contribution is 0.197. The lowest BCUT2D eigenvalue weighted by Gasteiger charge is -1.94. The molecule has 0 aliphatic rings. The predicted octanol–water partition coefficient (Wildman–Crippen LogP) is 1.80. The Morgan fingerprint density at radius 3 is 2.80 bits per heavy atom. The molecule has 0 atom stereocenters. The molecular formula is C8H8FO. The van der Waals surface area contributed by atoms with E-state index in [1.165, 1.54) is 12.1 Å². The highest BCUT2D eigenvalue weighted by Crippen LogP contribution is 2.03. The highest BCUT2D eigenvalue weighted by atomic mass is 19.1. The van der Waals surface area contributed by atoms with Crippen molar-refractivity contribution in [3.63, 3.8) is 0 Å². The molecular weight excluding hydrogens is 131 g/mol. The maximum Gasteiger partial charge on any atom is 0.123 e. The Morgan fingerprint density at radius 2 is 2.20 bits per heavy atom. The molecule has 0 bridgehead atoms. The molecule has 53 valence electrons. The third kappa shape index (κ3) is 1.81. The van der Waals surface area contributed by atoms with Gasteiger partial charge in [0.15, 0.2) is 0 Å². The molecule has 0 heterocycles. The summed E-state index contributed by atoms with van der Waals surface area (Å²) in [4.78, 5) is 0. The summed E-state index contributed by atoms with van der Waals surface area (Å²) in [7, 11) is 0. The van der Waals surface area contributed by atoms with E-state index in [1.807, 2.05) is 0 Å². The van der Waals surface area contributed by atoms with Gasteiger partial charge in [0.05, 0.1) is 6.61 Å². The minimum atomic E-state index is -0.272. The zero-order chi connectivity index (χ0) is 7.40. The molecule has 1 nitrogen and oxygen atoms in total. The normalized spacial score (nSPS) is 9.80. The molecule has 10 heavy (non-hydrogen) atoms. The molecule has 1 radical (unpaired) electrons. The van der Waals surface area contributed by atoms with E-state index < -0.39 is 0 Å². The Bertz CT molecular complexity index is 210. The number of benzene rings is 1. The van der Waals surface area contributed by atoms with Crippen molar-refractivity contribution >= 4 is 0 Å². The Hall–Kier alpha value is -0.890. The molecule has 0 spiro atoms. The Labute approximate surface area is 59.1 Å². The van der Waals surface area contributed by atoms with E-state index in [9.17, 15) is 9.50 Å². The maximum absolute atomic E-state index is 12.4. The third-order valence-electron chi connectivity index (χ3n) is 1.28. The van der Waals surface area contributed by atoms with E-state index in [1.54, 1.807) is 12.1 Å². The number of rotatable bonds is 2. The average Bonchev–Trinajstić information content (AvgIpc) is 1.88. The van der Waals surface area contributed by atoms with Gasteiger partial charge in [-0.3, -0.25) is 0 Å². The van der Waals surface area contributed by atoms with Crippen LogP contribution in [-0.4, -0.2) is 6.61 Å². The Kier molecular flexibility index (Phi) is 2.40. The van der Waals surface area contributed by atoms with Crippen LogP contribution in [0.4, 0.5) is 4.39 Å². The van der Waals surface area contributed by atoms with Crippen LogP contribution >= 0.6 is 0 Å². The predicted molar refractivity (Wildman–Crippen MR) is 35.7 cm³/mol. The van der Waals surface area contributed by atoms with Crippen LogP contribution in [0.15, 0.2) is 24.3 Å². The zero-order valence-electron chi connectivity index (χ0n) is 5.51. The highest BCUT2D eigenvalue weighted by molar-refractivity contribution is 5.16. The summed E-state index contributed by atoms with van der Waals surface area (Å²) in [5.74, 6) is -0.272. The van der Waals surface area contributed by atoms with Gasteiger partial charge in [0, 0.05) is 0 Å². The second-order valence-electron chi connectivity index (χ2n) is 2.08.